The lowest BCUT2D eigenvalue weighted by Crippen LogP contribution is -2.24. The molecule has 1 N–H and O–H groups in total. The Morgan fingerprint density at radius 3 is 2.09 bits per heavy atom. The van der Waals surface area contributed by atoms with E-state index < -0.39 is 0 Å². The number of hydrogen-bond acceptors (Lipinski definition) is 4. The minimum atomic E-state index is 0.812. The second-order valence-corrected chi connectivity index (χ2v) is 11.3. The van der Waals surface area contributed by atoms with Crippen LogP contribution in [0.25, 0.3) is 27.8 Å². The fourth-order valence-corrected chi connectivity index (χ4v) is 5.88. The van der Waals surface area contributed by atoms with Crippen molar-refractivity contribution in [2.75, 3.05) is 25.5 Å². The van der Waals surface area contributed by atoms with Gasteiger partial charge in [0.2, 0.25) is 0 Å². The molecule has 226 valence electrons. The van der Waals surface area contributed by atoms with E-state index in [0.717, 1.165) is 41.6 Å². The molecule has 6 rings (SSSR count). The highest BCUT2D eigenvalue weighted by Gasteiger charge is 2.16. The maximum Gasteiger partial charge on any atom is 0.139 e. The first-order chi connectivity index (χ1) is 21.0. The molecule has 5 heteroatoms. The van der Waals surface area contributed by atoms with Crippen LogP contribution in [0.4, 0.5) is 5.82 Å². The van der Waals surface area contributed by atoms with Crippen molar-refractivity contribution < 1.29 is 0 Å². The zero-order valence-electron chi connectivity index (χ0n) is 27.0. The number of nitrogens with one attached hydrogen (secondary N) is 1. The van der Waals surface area contributed by atoms with Crippen LogP contribution in [0.2, 0.25) is 0 Å². The van der Waals surface area contributed by atoms with Crippen LogP contribution in [0.5, 0.6) is 0 Å². The predicted octanol–water partition coefficient (Wildman–Crippen LogP) is 9.15. The number of aromatic nitrogens is 3. The van der Waals surface area contributed by atoms with Gasteiger partial charge >= 0.3 is 0 Å². The number of rotatable bonds is 7. The number of para-hydroxylation sites is 2. The Balaban J connectivity index is 0.000000222. The number of fused-ring (bicyclic) bond motifs is 1. The van der Waals surface area contributed by atoms with E-state index >= 15 is 0 Å². The third-order valence-corrected chi connectivity index (χ3v) is 8.03. The lowest BCUT2D eigenvalue weighted by molar-refractivity contribution is 0.342. The van der Waals surface area contributed by atoms with E-state index in [9.17, 15) is 0 Å². The number of nitrogens with zero attached hydrogens (tertiary/aromatic N) is 4. The molecule has 5 aromatic rings. The van der Waals surface area contributed by atoms with E-state index in [4.69, 9.17) is 0 Å². The molecule has 0 bridgehead atoms. The van der Waals surface area contributed by atoms with Crippen molar-refractivity contribution in [2.45, 2.75) is 66.3 Å². The van der Waals surface area contributed by atoms with Gasteiger partial charge in [-0.2, -0.15) is 0 Å². The van der Waals surface area contributed by atoms with Crippen molar-refractivity contribution in [2.24, 2.45) is 5.92 Å². The molecule has 2 aromatic heterocycles. The summed E-state index contributed by atoms with van der Waals surface area (Å²) >= 11 is 0. The fraction of sp³-hybridized carbons (Fsp3) is 0.368. The summed E-state index contributed by atoms with van der Waals surface area (Å²) in [5, 5.41) is 4.84. The van der Waals surface area contributed by atoms with E-state index in [0.29, 0.717) is 0 Å². The average molecular weight is 576 g/mol. The highest BCUT2D eigenvalue weighted by atomic mass is 15.1. The van der Waals surface area contributed by atoms with E-state index in [1.54, 1.807) is 0 Å². The normalized spacial score (nSPS) is 13.1. The van der Waals surface area contributed by atoms with Crippen LogP contribution >= 0.6 is 0 Å². The molecule has 3 aromatic carbocycles. The highest BCUT2D eigenvalue weighted by molar-refractivity contribution is 5.89. The molecule has 0 unspecified atom stereocenters. The van der Waals surface area contributed by atoms with E-state index in [2.05, 4.69) is 93.5 Å². The molecule has 0 saturated heterocycles. The molecule has 2 heterocycles. The molecule has 0 spiro atoms. The zero-order valence-corrected chi connectivity index (χ0v) is 27.0. The highest BCUT2D eigenvalue weighted by Crippen LogP contribution is 2.30. The van der Waals surface area contributed by atoms with Crippen LogP contribution < -0.4 is 10.2 Å². The third kappa shape index (κ3) is 8.32. The van der Waals surface area contributed by atoms with Gasteiger partial charge in [0, 0.05) is 37.4 Å². The molecule has 5 nitrogen and oxygen atoms in total. The molecule has 1 aliphatic carbocycles. The molecule has 1 saturated carbocycles. The van der Waals surface area contributed by atoms with Crippen molar-refractivity contribution in [1.82, 2.24) is 19.9 Å². The molecule has 0 amide bonds. The van der Waals surface area contributed by atoms with Gasteiger partial charge in [-0.05, 0) is 80.6 Å². The Hall–Kier alpha value is -3.96. The number of benzene rings is 3. The molecule has 43 heavy (non-hydrogen) atoms. The average Bonchev–Trinajstić information content (AvgIpc) is 3.38. The van der Waals surface area contributed by atoms with E-state index in [1.807, 2.05) is 64.0 Å². The van der Waals surface area contributed by atoms with Gasteiger partial charge in [-0.1, -0.05) is 93.8 Å². The summed E-state index contributed by atoms with van der Waals surface area (Å²) in [6.07, 6.45) is 7.04. The van der Waals surface area contributed by atoms with Crippen LogP contribution in [0.1, 0.15) is 63.0 Å². The summed E-state index contributed by atoms with van der Waals surface area (Å²) in [7, 11) is 3.99. The third-order valence-electron chi connectivity index (χ3n) is 8.03. The van der Waals surface area contributed by atoms with Crippen molar-refractivity contribution in [3.8, 4) is 16.9 Å². The Morgan fingerprint density at radius 1 is 0.791 bits per heavy atom. The Kier molecular flexibility index (Phi) is 11.9. The summed E-state index contributed by atoms with van der Waals surface area (Å²) in [4.78, 5) is 10.8. The summed E-state index contributed by atoms with van der Waals surface area (Å²) in [5.74, 6) is 2.66. The van der Waals surface area contributed by atoms with Gasteiger partial charge in [0.1, 0.15) is 11.6 Å². The van der Waals surface area contributed by atoms with Gasteiger partial charge in [0.25, 0.3) is 0 Å². The Bertz CT molecular complexity index is 1530. The maximum atomic E-state index is 4.42. The predicted molar refractivity (Wildman–Crippen MR) is 184 cm³/mol. The molecule has 0 aliphatic heterocycles. The minimum Gasteiger partial charge on any atom is -0.362 e. The minimum absolute atomic E-state index is 0.812. The van der Waals surface area contributed by atoms with Crippen molar-refractivity contribution in [3.63, 3.8) is 0 Å². The molecule has 0 atom stereocenters. The van der Waals surface area contributed by atoms with Gasteiger partial charge in [0.05, 0.1) is 11.2 Å². The van der Waals surface area contributed by atoms with E-state index in [1.165, 1.54) is 60.3 Å². The zero-order chi connectivity index (χ0) is 30.6. The van der Waals surface area contributed by atoms with Crippen LogP contribution in [-0.2, 0) is 6.54 Å². The Morgan fingerprint density at radius 2 is 1.42 bits per heavy atom. The quantitative estimate of drug-likeness (QED) is 0.210. The molecule has 1 aliphatic rings. The molecular weight excluding hydrogens is 526 g/mol. The van der Waals surface area contributed by atoms with Gasteiger partial charge in [-0.15, -0.1) is 0 Å². The van der Waals surface area contributed by atoms with Crippen LogP contribution in [0.15, 0.2) is 91.0 Å². The largest absolute Gasteiger partial charge is 0.362 e. The van der Waals surface area contributed by atoms with E-state index in [-0.39, 0.29) is 0 Å². The number of aryl methyl sites for hydroxylation is 1. The smallest absolute Gasteiger partial charge is 0.139 e. The lowest BCUT2D eigenvalue weighted by atomic mass is 9.89. The molecular formula is C38H49N5. The van der Waals surface area contributed by atoms with Gasteiger partial charge in [0.15, 0.2) is 0 Å². The lowest BCUT2D eigenvalue weighted by Gasteiger charge is -2.21. The second kappa shape index (κ2) is 16.0. The van der Waals surface area contributed by atoms with Crippen LogP contribution in [0.3, 0.4) is 0 Å². The van der Waals surface area contributed by atoms with Gasteiger partial charge < -0.3 is 14.8 Å². The van der Waals surface area contributed by atoms with Crippen molar-refractivity contribution in [3.05, 3.63) is 108 Å². The fourth-order valence-electron chi connectivity index (χ4n) is 5.88. The molecule has 0 radical (unpaired) electrons. The monoisotopic (exact) mass is 575 g/mol. The van der Waals surface area contributed by atoms with Crippen molar-refractivity contribution in [1.29, 1.82) is 0 Å². The first kappa shape index (κ1) is 32.0. The second-order valence-electron chi connectivity index (χ2n) is 11.3. The first-order valence-corrected chi connectivity index (χ1v) is 15.9. The van der Waals surface area contributed by atoms with Gasteiger partial charge in [-0.25, -0.2) is 9.97 Å². The Labute approximate surface area is 259 Å². The summed E-state index contributed by atoms with van der Waals surface area (Å²) < 4.78 is 2.40. The topological polar surface area (TPSA) is 46.0 Å². The summed E-state index contributed by atoms with van der Waals surface area (Å²) in [5.41, 5.74) is 7.50. The van der Waals surface area contributed by atoms with Crippen LogP contribution in [-0.4, -0.2) is 35.2 Å². The summed E-state index contributed by atoms with van der Waals surface area (Å²) in [6.45, 7) is 10.3. The van der Waals surface area contributed by atoms with Crippen molar-refractivity contribution >= 4 is 16.7 Å². The first-order valence-electron chi connectivity index (χ1n) is 15.9. The van der Waals surface area contributed by atoms with Gasteiger partial charge in [-0.3, -0.25) is 0 Å². The van der Waals surface area contributed by atoms with Crippen LogP contribution in [0, 0.1) is 19.8 Å². The maximum absolute atomic E-state index is 4.42. The number of anilines is 1. The SMILES string of the molecule is CC.Cc1c(CNCC2CCCCC2)cc(-c2ccccc2)n1-c1ccccc1.Cc1nc(N(C)C)c2ccccc2n1. The number of hydrogen-bond donors (Lipinski definition) is 1. The summed E-state index contributed by atoms with van der Waals surface area (Å²) in [6, 6.07) is 31.8. The standard InChI is InChI=1S/C25H30N2.C11H13N3.C2H6/c1-20-23(19-26-18-21-11-5-2-6-12-21)17-25(22-13-7-3-8-14-22)27(20)24-15-9-4-10-16-24;1-8-12-10-7-5-4-6-9(10)11(13-8)14(2)3;1-2/h3-4,7-10,13-17,21,26H,2,5-6,11-12,18-19H2,1H3;4-7H,1-3H3;1-2H3. The molecule has 1 fully saturated rings.